The van der Waals surface area contributed by atoms with Gasteiger partial charge in [0, 0.05) is 11.1 Å². The fourth-order valence-electron chi connectivity index (χ4n) is 1.31. The van der Waals surface area contributed by atoms with Crippen LogP contribution in [0.5, 0.6) is 11.5 Å². The van der Waals surface area contributed by atoms with Gasteiger partial charge in [-0.3, -0.25) is 0 Å². The first-order valence-corrected chi connectivity index (χ1v) is 4.55. The Morgan fingerprint density at radius 1 is 1.40 bits per heavy atom. The molecule has 0 aliphatic rings. The summed E-state index contributed by atoms with van der Waals surface area (Å²) in [6.45, 7) is 1.62. The van der Waals surface area contributed by atoms with Crippen LogP contribution < -0.4 is 9.47 Å². The van der Waals surface area contributed by atoms with Crippen LogP contribution in [0, 0.1) is 6.92 Å². The zero-order valence-corrected chi connectivity index (χ0v) is 9.38. The molecule has 0 fully saturated rings. The maximum atomic E-state index is 11.0. The fraction of sp³-hybridized carbons (Fsp3) is 0.300. The summed E-state index contributed by atoms with van der Waals surface area (Å²) in [7, 11) is 2.81. The molecule has 0 atom stereocenters. The lowest BCUT2D eigenvalue weighted by atomic mass is 10.1. The molecule has 0 aliphatic carbocycles. The molecule has 0 aliphatic heterocycles. The Balaban J connectivity index is 3.56. The molecule has 4 nitrogen and oxygen atoms in total. The lowest BCUT2D eigenvalue weighted by Gasteiger charge is -2.13. The Kier molecular flexibility index (Phi) is 3.42. The molecule has 0 aromatic heterocycles. The van der Waals surface area contributed by atoms with E-state index >= 15 is 0 Å². The van der Waals surface area contributed by atoms with Gasteiger partial charge in [-0.05, 0) is 12.5 Å². The Morgan fingerprint density at radius 3 is 2.40 bits per heavy atom. The van der Waals surface area contributed by atoms with Crippen LogP contribution in [-0.2, 0) is 0 Å². The lowest BCUT2D eigenvalue weighted by molar-refractivity contribution is 0.0692. The molecule has 0 spiro atoms. The summed E-state index contributed by atoms with van der Waals surface area (Å²) in [6, 6.07) is 1.53. The summed E-state index contributed by atoms with van der Waals surface area (Å²) < 4.78 is 9.99. The van der Waals surface area contributed by atoms with Gasteiger partial charge in [-0.15, -0.1) is 0 Å². The van der Waals surface area contributed by atoms with E-state index in [9.17, 15) is 4.79 Å². The molecule has 0 amide bonds. The number of aromatic carboxylic acids is 1. The average Bonchev–Trinajstić information content (AvgIpc) is 2.20. The Labute approximate surface area is 92.4 Å². The lowest BCUT2D eigenvalue weighted by Crippen LogP contribution is -2.05. The monoisotopic (exact) mass is 230 g/mol. The standard InChI is InChI=1S/C10H11ClO4/c1-5-6(11)4-7(14-2)9(15-3)8(5)10(12)13/h4H,1-3H3,(H,12,13). The van der Waals surface area contributed by atoms with Crippen molar-refractivity contribution in [3.05, 3.63) is 22.2 Å². The van der Waals surface area contributed by atoms with Gasteiger partial charge in [0.25, 0.3) is 0 Å². The molecule has 5 heteroatoms. The van der Waals surface area contributed by atoms with Crippen molar-refractivity contribution in [1.29, 1.82) is 0 Å². The summed E-state index contributed by atoms with van der Waals surface area (Å²) in [6.07, 6.45) is 0. The third kappa shape index (κ3) is 1.99. The maximum Gasteiger partial charge on any atom is 0.339 e. The van der Waals surface area contributed by atoms with Crippen molar-refractivity contribution in [3.8, 4) is 11.5 Å². The van der Waals surface area contributed by atoms with Gasteiger partial charge in [0.1, 0.15) is 5.56 Å². The van der Waals surface area contributed by atoms with E-state index in [4.69, 9.17) is 26.2 Å². The third-order valence-corrected chi connectivity index (χ3v) is 2.47. The number of carboxylic acids is 1. The number of hydrogen-bond donors (Lipinski definition) is 1. The minimum atomic E-state index is -1.09. The van der Waals surface area contributed by atoms with Crippen molar-refractivity contribution < 1.29 is 19.4 Å². The van der Waals surface area contributed by atoms with E-state index < -0.39 is 5.97 Å². The number of hydrogen-bond acceptors (Lipinski definition) is 3. The quantitative estimate of drug-likeness (QED) is 0.866. The second-order valence-corrected chi connectivity index (χ2v) is 3.31. The smallest absolute Gasteiger partial charge is 0.339 e. The molecular weight excluding hydrogens is 220 g/mol. The Bertz CT molecular complexity index is 401. The maximum absolute atomic E-state index is 11.0. The van der Waals surface area contributed by atoms with Gasteiger partial charge in [-0.1, -0.05) is 11.6 Å². The summed E-state index contributed by atoms with van der Waals surface area (Å²) >= 11 is 5.87. The summed E-state index contributed by atoms with van der Waals surface area (Å²) in [4.78, 5) is 11.0. The molecule has 0 unspecified atom stereocenters. The minimum Gasteiger partial charge on any atom is -0.493 e. The van der Waals surface area contributed by atoms with Crippen LogP contribution in [0.25, 0.3) is 0 Å². The van der Waals surface area contributed by atoms with Crippen molar-refractivity contribution in [2.75, 3.05) is 14.2 Å². The second kappa shape index (κ2) is 4.40. The first-order valence-electron chi connectivity index (χ1n) is 4.17. The first-order chi connectivity index (χ1) is 7.02. The number of benzene rings is 1. The number of halogens is 1. The zero-order chi connectivity index (χ0) is 11.6. The SMILES string of the molecule is COc1cc(Cl)c(C)c(C(=O)O)c1OC. The molecule has 1 N–H and O–H groups in total. The number of methoxy groups -OCH3 is 2. The highest BCUT2D eigenvalue weighted by molar-refractivity contribution is 6.32. The van der Waals surface area contributed by atoms with Gasteiger partial charge < -0.3 is 14.6 Å². The Hall–Kier alpha value is -1.42. The molecule has 0 heterocycles. The van der Waals surface area contributed by atoms with Crippen LogP contribution in [-0.4, -0.2) is 25.3 Å². The van der Waals surface area contributed by atoms with E-state index in [0.717, 1.165) is 0 Å². The highest BCUT2D eigenvalue weighted by atomic mass is 35.5. The number of rotatable bonds is 3. The topological polar surface area (TPSA) is 55.8 Å². The third-order valence-electron chi connectivity index (χ3n) is 2.08. The van der Waals surface area contributed by atoms with Crippen molar-refractivity contribution in [2.24, 2.45) is 0 Å². The van der Waals surface area contributed by atoms with Crippen molar-refractivity contribution >= 4 is 17.6 Å². The molecule has 1 aromatic carbocycles. The predicted molar refractivity (Wildman–Crippen MR) is 56.3 cm³/mol. The highest BCUT2D eigenvalue weighted by Crippen LogP contribution is 2.37. The van der Waals surface area contributed by atoms with E-state index in [0.29, 0.717) is 16.3 Å². The van der Waals surface area contributed by atoms with E-state index in [-0.39, 0.29) is 11.3 Å². The molecule has 82 valence electrons. The molecular formula is C10H11ClO4. The van der Waals surface area contributed by atoms with Gasteiger partial charge in [0.05, 0.1) is 14.2 Å². The number of carbonyl (C=O) groups is 1. The molecule has 0 saturated carbocycles. The number of carboxylic acid groups (broad SMARTS) is 1. The summed E-state index contributed by atoms with van der Waals surface area (Å²) in [5.74, 6) is -0.595. The highest BCUT2D eigenvalue weighted by Gasteiger charge is 2.21. The zero-order valence-electron chi connectivity index (χ0n) is 8.63. The van der Waals surface area contributed by atoms with Crippen LogP contribution in [0.15, 0.2) is 6.07 Å². The largest absolute Gasteiger partial charge is 0.493 e. The van der Waals surface area contributed by atoms with Gasteiger partial charge in [0.15, 0.2) is 11.5 Å². The van der Waals surface area contributed by atoms with E-state index in [2.05, 4.69) is 0 Å². The predicted octanol–water partition coefficient (Wildman–Crippen LogP) is 2.36. The summed E-state index contributed by atoms with van der Waals surface area (Å²) in [5, 5.41) is 9.37. The molecule has 1 rings (SSSR count). The van der Waals surface area contributed by atoms with Gasteiger partial charge in [0.2, 0.25) is 0 Å². The molecule has 0 bridgehead atoms. The van der Waals surface area contributed by atoms with Crippen LogP contribution in [0.2, 0.25) is 5.02 Å². The molecule has 0 radical (unpaired) electrons. The van der Waals surface area contributed by atoms with E-state index in [1.165, 1.54) is 20.3 Å². The fourth-order valence-corrected chi connectivity index (χ4v) is 1.51. The van der Waals surface area contributed by atoms with Crippen LogP contribution in [0.4, 0.5) is 0 Å². The normalized spacial score (nSPS) is 9.87. The summed E-state index contributed by atoms with van der Waals surface area (Å²) in [5.41, 5.74) is 0.490. The molecule has 0 saturated heterocycles. The molecule has 15 heavy (non-hydrogen) atoms. The van der Waals surface area contributed by atoms with E-state index in [1.807, 2.05) is 0 Å². The number of ether oxygens (including phenoxy) is 2. The van der Waals surface area contributed by atoms with Crippen LogP contribution >= 0.6 is 11.6 Å². The van der Waals surface area contributed by atoms with E-state index in [1.54, 1.807) is 6.92 Å². The van der Waals surface area contributed by atoms with Gasteiger partial charge >= 0.3 is 5.97 Å². The second-order valence-electron chi connectivity index (χ2n) is 2.90. The van der Waals surface area contributed by atoms with Crippen molar-refractivity contribution in [1.82, 2.24) is 0 Å². The van der Waals surface area contributed by atoms with Gasteiger partial charge in [-0.2, -0.15) is 0 Å². The first kappa shape index (κ1) is 11.7. The minimum absolute atomic E-state index is 0.0295. The van der Waals surface area contributed by atoms with Crippen LogP contribution in [0.3, 0.4) is 0 Å². The Morgan fingerprint density at radius 2 is 2.00 bits per heavy atom. The molecule has 1 aromatic rings. The van der Waals surface area contributed by atoms with Crippen molar-refractivity contribution in [3.63, 3.8) is 0 Å². The van der Waals surface area contributed by atoms with Crippen LogP contribution in [0.1, 0.15) is 15.9 Å². The van der Waals surface area contributed by atoms with Crippen molar-refractivity contribution in [2.45, 2.75) is 6.92 Å². The average molecular weight is 231 g/mol. The van der Waals surface area contributed by atoms with Gasteiger partial charge in [-0.25, -0.2) is 4.79 Å².